The fraction of sp³-hybridized carbons (Fsp3) is 0.0500. The SMILES string of the molecule is O=C(O)c1cn(Cc2ccccc2-c2ccccc2)c2scnc2c1=O. The lowest BCUT2D eigenvalue weighted by Gasteiger charge is -2.13. The molecule has 128 valence electrons. The van der Waals surface area contributed by atoms with E-state index in [9.17, 15) is 14.7 Å². The van der Waals surface area contributed by atoms with Gasteiger partial charge in [-0.25, -0.2) is 9.78 Å². The van der Waals surface area contributed by atoms with Crippen molar-refractivity contribution in [2.75, 3.05) is 0 Å². The summed E-state index contributed by atoms with van der Waals surface area (Å²) in [7, 11) is 0. The van der Waals surface area contributed by atoms with E-state index in [-0.39, 0.29) is 11.1 Å². The van der Waals surface area contributed by atoms with Gasteiger partial charge in [-0.3, -0.25) is 4.79 Å². The average molecular weight is 362 g/mol. The van der Waals surface area contributed by atoms with Crippen molar-refractivity contribution >= 4 is 27.7 Å². The number of pyridine rings is 1. The van der Waals surface area contributed by atoms with E-state index in [4.69, 9.17) is 0 Å². The fourth-order valence-corrected chi connectivity index (χ4v) is 3.78. The van der Waals surface area contributed by atoms with E-state index in [0.717, 1.165) is 16.7 Å². The largest absolute Gasteiger partial charge is 0.477 e. The Morgan fingerprint density at radius 1 is 1.08 bits per heavy atom. The van der Waals surface area contributed by atoms with Gasteiger partial charge in [0.25, 0.3) is 0 Å². The number of carbonyl (C=O) groups is 1. The smallest absolute Gasteiger partial charge is 0.341 e. The number of fused-ring (bicyclic) bond motifs is 1. The van der Waals surface area contributed by atoms with Crippen molar-refractivity contribution in [2.24, 2.45) is 0 Å². The number of carboxylic acids is 1. The highest BCUT2D eigenvalue weighted by Gasteiger charge is 2.17. The van der Waals surface area contributed by atoms with Crippen LogP contribution in [0.4, 0.5) is 0 Å². The zero-order valence-electron chi connectivity index (χ0n) is 13.6. The number of rotatable bonds is 4. The minimum Gasteiger partial charge on any atom is -0.477 e. The maximum atomic E-state index is 12.3. The minimum atomic E-state index is -1.24. The van der Waals surface area contributed by atoms with Gasteiger partial charge in [-0.05, 0) is 16.7 Å². The van der Waals surface area contributed by atoms with E-state index in [2.05, 4.69) is 4.98 Å². The third kappa shape index (κ3) is 2.80. The molecule has 2 aromatic heterocycles. The average Bonchev–Trinajstić information content (AvgIpc) is 3.15. The fourth-order valence-electron chi connectivity index (χ4n) is 3.01. The van der Waals surface area contributed by atoms with Gasteiger partial charge in [-0.2, -0.15) is 0 Å². The van der Waals surface area contributed by atoms with Crippen LogP contribution in [-0.2, 0) is 6.54 Å². The van der Waals surface area contributed by atoms with Crippen LogP contribution in [0.2, 0.25) is 0 Å². The molecule has 0 aliphatic heterocycles. The molecule has 4 aromatic rings. The molecule has 0 aliphatic carbocycles. The number of aromatic nitrogens is 2. The van der Waals surface area contributed by atoms with Crippen LogP contribution in [0, 0.1) is 0 Å². The highest BCUT2D eigenvalue weighted by atomic mass is 32.1. The van der Waals surface area contributed by atoms with Crippen molar-refractivity contribution in [3.63, 3.8) is 0 Å². The molecule has 2 aromatic carbocycles. The van der Waals surface area contributed by atoms with E-state index in [0.29, 0.717) is 11.4 Å². The Balaban J connectivity index is 1.87. The van der Waals surface area contributed by atoms with Gasteiger partial charge < -0.3 is 9.67 Å². The summed E-state index contributed by atoms with van der Waals surface area (Å²) in [4.78, 5) is 28.5. The Kier molecular flexibility index (Phi) is 4.10. The third-order valence-corrected chi connectivity index (χ3v) is 5.09. The molecule has 0 bridgehead atoms. The van der Waals surface area contributed by atoms with Crippen LogP contribution >= 0.6 is 11.3 Å². The molecule has 26 heavy (non-hydrogen) atoms. The third-order valence-electron chi connectivity index (χ3n) is 4.23. The minimum absolute atomic E-state index is 0.201. The van der Waals surface area contributed by atoms with Crippen LogP contribution in [-0.4, -0.2) is 20.6 Å². The molecular weight excluding hydrogens is 348 g/mol. The summed E-state index contributed by atoms with van der Waals surface area (Å²) in [6, 6.07) is 18.0. The maximum Gasteiger partial charge on any atom is 0.341 e. The van der Waals surface area contributed by atoms with Crippen LogP contribution in [0.3, 0.4) is 0 Å². The molecule has 2 heterocycles. The Bertz CT molecular complexity index is 1160. The predicted octanol–water partition coefficient (Wildman–Crippen LogP) is 3.87. The van der Waals surface area contributed by atoms with Gasteiger partial charge in [0.15, 0.2) is 0 Å². The Morgan fingerprint density at radius 2 is 1.81 bits per heavy atom. The van der Waals surface area contributed by atoms with Gasteiger partial charge >= 0.3 is 5.97 Å². The molecule has 0 saturated carbocycles. The lowest BCUT2D eigenvalue weighted by atomic mass is 9.99. The number of hydrogen-bond acceptors (Lipinski definition) is 4. The van der Waals surface area contributed by atoms with E-state index in [1.54, 1.807) is 10.1 Å². The summed E-state index contributed by atoms with van der Waals surface area (Å²) in [6.07, 6.45) is 1.41. The molecule has 0 amide bonds. The van der Waals surface area contributed by atoms with Crippen molar-refractivity contribution < 1.29 is 9.90 Å². The van der Waals surface area contributed by atoms with Crippen LogP contribution in [0.25, 0.3) is 21.5 Å². The van der Waals surface area contributed by atoms with Crippen molar-refractivity contribution in [1.29, 1.82) is 0 Å². The zero-order valence-corrected chi connectivity index (χ0v) is 14.4. The second-order valence-electron chi connectivity index (χ2n) is 5.83. The highest BCUT2D eigenvalue weighted by molar-refractivity contribution is 7.16. The first kappa shape index (κ1) is 16.2. The number of thiazole rings is 1. The van der Waals surface area contributed by atoms with Gasteiger partial charge in [-0.15, -0.1) is 11.3 Å². The normalized spacial score (nSPS) is 10.9. The zero-order chi connectivity index (χ0) is 18.1. The highest BCUT2D eigenvalue weighted by Crippen LogP contribution is 2.26. The number of aromatic carboxylic acids is 1. The maximum absolute atomic E-state index is 12.3. The molecule has 4 rings (SSSR count). The van der Waals surface area contributed by atoms with Crippen molar-refractivity contribution in [3.05, 3.63) is 87.7 Å². The molecule has 0 unspecified atom stereocenters. The summed E-state index contributed by atoms with van der Waals surface area (Å²) < 4.78 is 1.79. The first-order chi connectivity index (χ1) is 12.6. The quantitative estimate of drug-likeness (QED) is 0.598. The molecule has 0 spiro atoms. The summed E-state index contributed by atoms with van der Waals surface area (Å²) in [5, 5.41) is 9.35. The van der Waals surface area contributed by atoms with Crippen LogP contribution < -0.4 is 5.43 Å². The van der Waals surface area contributed by atoms with Gasteiger partial charge in [0.1, 0.15) is 15.9 Å². The monoisotopic (exact) mass is 362 g/mol. The molecular formula is C20H14N2O3S. The van der Waals surface area contributed by atoms with E-state index in [1.807, 2.05) is 54.6 Å². The Labute approximate surface area is 152 Å². The standard InChI is InChI=1S/C20H14N2O3S/c23-18-16(20(24)25)11-22(19-17(18)21-12-26-19)10-14-8-4-5-9-15(14)13-6-2-1-3-7-13/h1-9,11-12H,10H2,(H,24,25). The summed E-state index contributed by atoms with van der Waals surface area (Å²) in [5.74, 6) is -1.24. The molecule has 0 aliphatic rings. The van der Waals surface area contributed by atoms with Gasteiger partial charge in [-0.1, -0.05) is 54.6 Å². The second-order valence-corrected chi connectivity index (χ2v) is 6.67. The van der Waals surface area contributed by atoms with Gasteiger partial charge in [0, 0.05) is 12.7 Å². The lowest BCUT2D eigenvalue weighted by molar-refractivity contribution is 0.0695. The number of benzene rings is 2. The molecule has 0 fully saturated rings. The first-order valence-corrected chi connectivity index (χ1v) is 8.86. The molecule has 1 N–H and O–H groups in total. The van der Waals surface area contributed by atoms with Crippen molar-refractivity contribution in [2.45, 2.75) is 6.54 Å². The number of nitrogens with zero attached hydrogens (tertiary/aromatic N) is 2. The van der Waals surface area contributed by atoms with Crippen LogP contribution in [0.1, 0.15) is 15.9 Å². The molecule has 0 saturated heterocycles. The molecule has 6 heteroatoms. The van der Waals surface area contributed by atoms with Gasteiger partial charge in [0.05, 0.1) is 5.51 Å². The Hall–Kier alpha value is -3.25. The van der Waals surface area contributed by atoms with Crippen LogP contribution in [0.15, 0.2) is 71.1 Å². The topological polar surface area (TPSA) is 72.2 Å². The Morgan fingerprint density at radius 3 is 2.58 bits per heavy atom. The summed E-state index contributed by atoms with van der Waals surface area (Å²) in [5.41, 5.74) is 4.16. The second kappa shape index (κ2) is 6.57. The molecule has 0 atom stereocenters. The van der Waals surface area contributed by atoms with E-state index >= 15 is 0 Å². The van der Waals surface area contributed by atoms with E-state index < -0.39 is 11.4 Å². The number of carboxylic acid groups (broad SMARTS) is 1. The summed E-state index contributed by atoms with van der Waals surface area (Å²) in [6.45, 7) is 0.449. The van der Waals surface area contributed by atoms with Crippen LogP contribution in [0.5, 0.6) is 0 Å². The predicted molar refractivity (Wildman–Crippen MR) is 102 cm³/mol. The number of hydrogen-bond donors (Lipinski definition) is 1. The molecule has 0 radical (unpaired) electrons. The van der Waals surface area contributed by atoms with Crippen molar-refractivity contribution in [1.82, 2.24) is 9.55 Å². The van der Waals surface area contributed by atoms with Gasteiger partial charge in [0.2, 0.25) is 5.43 Å². The summed E-state index contributed by atoms with van der Waals surface area (Å²) >= 11 is 1.33. The first-order valence-electron chi connectivity index (χ1n) is 7.98. The lowest BCUT2D eigenvalue weighted by Crippen LogP contribution is -2.19. The van der Waals surface area contributed by atoms with Crippen molar-refractivity contribution in [3.8, 4) is 11.1 Å². The van der Waals surface area contributed by atoms with E-state index in [1.165, 1.54) is 17.5 Å². The molecule has 5 nitrogen and oxygen atoms in total.